The molecule has 5 heteroatoms. The van der Waals surface area contributed by atoms with Crippen LogP contribution in [-0.2, 0) is 4.79 Å². The Hall–Kier alpha value is -0.770. The lowest BCUT2D eigenvalue weighted by Gasteiger charge is -2.31. The first-order chi connectivity index (χ1) is 9.08. The topological polar surface area (TPSA) is 41.1 Å². The number of benzene rings is 1. The standard InChI is InChI=1S/C15H21ClN2O.ClH/c1-10-9-17-7-6-14(10)18-15(19)11(2)12-4-3-5-13(16)8-12;/h3-5,8,10-11,14,17H,6-7,9H2,1-2H3,(H,18,19);1H. The summed E-state index contributed by atoms with van der Waals surface area (Å²) in [7, 11) is 0. The van der Waals surface area contributed by atoms with Gasteiger partial charge in [0, 0.05) is 11.1 Å². The van der Waals surface area contributed by atoms with Gasteiger partial charge in [0.25, 0.3) is 0 Å². The Morgan fingerprint density at radius 2 is 2.25 bits per heavy atom. The summed E-state index contributed by atoms with van der Waals surface area (Å²) in [6, 6.07) is 7.79. The van der Waals surface area contributed by atoms with Crippen molar-refractivity contribution in [1.29, 1.82) is 0 Å². The van der Waals surface area contributed by atoms with Gasteiger partial charge in [0.15, 0.2) is 0 Å². The number of carbonyl (C=O) groups excluding carboxylic acids is 1. The van der Waals surface area contributed by atoms with E-state index < -0.39 is 0 Å². The minimum absolute atomic E-state index is 0. The summed E-state index contributed by atoms with van der Waals surface area (Å²) >= 11 is 5.97. The molecule has 1 aromatic carbocycles. The van der Waals surface area contributed by atoms with Crippen LogP contribution in [0.3, 0.4) is 0 Å². The van der Waals surface area contributed by atoms with Gasteiger partial charge in [0.1, 0.15) is 0 Å². The van der Waals surface area contributed by atoms with Crippen molar-refractivity contribution in [3.05, 3.63) is 34.9 Å². The van der Waals surface area contributed by atoms with Crippen LogP contribution in [0.2, 0.25) is 5.02 Å². The third-order valence-electron chi connectivity index (χ3n) is 3.85. The lowest BCUT2D eigenvalue weighted by Crippen LogP contribution is -2.49. The molecular formula is C15H22Cl2N2O. The van der Waals surface area contributed by atoms with Crippen molar-refractivity contribution < 1.29 is 4.79 Å². The first-order valence-corrected chi connectivity index (χ1v) is 7.22. The number of halogens is 2. The van der Waals surface area contributed by atoms with Crippen LogP contribution in [-0.4, -0.2) is 25.0 Å². The van der Waals surface area contributed by atoms with E-state index in [2.05, 4.69) is 17.6 Å². The first-order valence-electron chi connectivity index (χ1n) is 6.84. The van der Waals surface area contributed by atoms with Crippen LogP contribution in [0.15, 0.2) is 24.3 Å². The molecule has 1 fully saturated rings. The Labute approximate surface area is 131 Å². The second-order valence-corrected chi connectivity index (χ2v) is 5.80. The van der Waals surface area contributed by atoms with Gasteiger partial charge in [-0.2, -0.15) is 0 Å². The van der Waals surface area contributed by atoms with Gasteiger partial charge in [0.2, 0.25) is 5.91 Å². The summed E-state index contributed by atoms with van der Waals surface area (Å²) in [5.74, 6) is 0.395. The molecule has 20 heavy (non-hydrogen) atoms. The van der Waals surface area contributed by atoms with Gasteiger partial charge < -0.3 is 10.6 Å². The predicted octanol–water partition coefficient (Wildman–Crippen LogP) is 2.98. The molecule has 1 aliphatic heterocycles. The quantitative estimate of drug-likeness (QED) is 0.900. The van der Waals surface area contributed by atoms with Crippen LogP contribution < -0.4 is 10.6 Å². The lowest BCUT2D eigenvalue weighted by atomic mass is 9.93. The second-order valence-electron chi connectivity index (χ2n) is 5.36. The number of amides is 1. The molecule has 1 aromatic rings. The van der Waals surface area contributed by atoms with E-state index in [1.807, 2.05) is 31.2 Å². The molecule has 0 spiro atoms. The van der Waals surface area contributed by atoms with Crippen LogP contribution in [0.1, 0.15) is 31.7 Å². The number of nitrogens with one attached hydrogen (secondary N) is 2. The van der Waals surface area contributed by atoms with Gasteiger partial charge in [0.05, 0.1) is 5.92 Å². The van der Waals surface area contributed by atoms with E-state index in [4.69, 9.17) is 11.6 Å². The fraction of sp³-hybridized carbons (Fsp3) is 0.533. The van der Waals surface area contributed by atoms with Crippen LogP contribution in [0.4, 0.5) is 0 Å². The van der Waals surface area contributed by atoms with Crippen LogP contribution >= 0.6 is 24.0 Å². The van der Waals surface area contributed by atoms with E-state index in [1.165, 1.54) is 0 Å². The van der Waals surface area contributed by atoms with E-state index in [0.29, 0.717) is 10.9 Å². The van der Waals surface area contributed by atoms with Crippen LogP contribution in [0.5, 0.6) is 0 Å². The maximum atomic E-state index is 12.3. The number of hydrogen-bond donors (Lipinski definition) is 2. The summed E-state index contributed by atoms with van der Waals surface area (Å²) < 4.78 is 0. The number of piperidine rings is 1. The average Bonchev–Trinajstić information content (AvgIpc) is 2.40. The predicted molar refractivity (Wildman–Crippen MR) is 85.7 cm³/mol. The third-order valence-corrected chi connectivity index (χ3v) is 4.09. The van der Waals surface area contributed by atoms with Gasteiger partial charge in [-0.15, -0.1) is 12.4 Å². The Balaban J connectivity index is 0.00000200. The second kappa shape index (κ2) is 7.87. The minimum atomic E-state index is -0.166. The van der Waals surface area contributed by atoms with Crippen molar-refractivity contribution >= 4 is 29.9 Å². The highest BCUT2D eigenvalue weighted by Crippen LogP contribution is 2.20. The fourth-order valence-corrected chi connectivity index (χ4v) is 2.66. The van der Waals surface area contributed by atoms with Gasteiger partial charge in [-0.3, -0.25) is 4.79 Å². The van der Waals surface area contributed by atoms with Gasteiger partial charge in [-0.25, -0.2) is 0 Å². The fourth-order valence-electron chi connectivity index (χ4n) is 2.46. The summed E-state index contributed by atoms with van der Waals surface area (Å²) in [6.45, 7) is 6.03. The maximum absolute atomic E-state index is 12.3. The van der Waals surface area contributed by atoms with Crippen molar-refractivity contribution in [3.8, 4) is 0 Å². The summed E-state index contributed by atoms with van der Waals surface area (Å²) in [5, 5.41) is 7.18. The lowest BCUT2D eigenvalue weighted by molar-refractivity contribution is -0.123. The van der Waals surface area contributed by atoms with Crippen LogP contribution in [0.25, 0.3) is 0 Å². The number of carbonyl (C=O) groups is 1. The van der Waals surface area contributed by atoms with Gasteiger partial charge >= 0.3 is 0 Å². The Morgan fingerprint density at radius 3 is 2.90 bits per heavy atom. The number of hydrogen-bond acceptors (Lipinski definition) is 2. The summed E-state index contributed by atoms with van der Waals surface area (Å²) in [4.78, 5) is 12.3. The van der Waals surface area contributed by atoms with E-state index in [1.54, 1.807) is 0 Å². The van der Waals surface area contributed by atoms with E-state index in [-0.39, 0.29) is 30.3 Å². The molecule has 2 rings (SSSR count). The Kier molecular flexibility index (Phi) is 6.80. The van der Waals surface area contributed by atoms with E-state index >= 15 is 0 Å². The molecule has 0 aromatic heterocycles. The Bertz CT molecular complexity index is 453. The average molecular weight is 317 g/mol. The molecule has 3 nitrogen and oxygen atoms in total. The summed E-state index contributed by atoms with van der Waals surface area (Å²) in [6.07, 6.45) is 0.995. The summed E-state index contributed by atoms with van der Waals surface area (Å²) in [5.41, 5.74) is 0.964. The van der Waals surface area contributed by atoms with E-state index in [0.717, 1.165) is 25.1 Å². The number of rotatable bonds is 3. The zero-order valence-electron chi connectivity index (χ0n) is 11.9. The van der Waals surface area contributed by atoms with Crippen LogP contribution in [0, 0.1) is 5.92 Å². The molecule has 0 radical (unpaired) electrons. The molecule has 2 N–H and O–H groups in total. The SMILES string of the molecule is CC(C(=O)NC1CCNCC1C)c1cccc(Cl)c1.Cl. The molecular weight excluding hydrogens is 295 g/mol. The smallest absolute Gasteiger partial charge is 0.227 e. The van der Waals surface area contributed by atoms with Crippen molar-refractivity contribution in [2.45, 2.75) is 32.2 Å². The maximum Gasteiger partial charge on any atom is 0.227 e. The van der Waals surface area contributed by atoms with Gasteiger partial charge in [-0.05, 0) is 50.0 Å². The molecule has 1 heterocycles. The molecule has 112 valence electrons. The zero-order chi connectivity index (χ0) is 13.8. The van der Waals surface area contributed by atoms with Crippen molar-refractivity contribution in [1.82, 2.24) is 10.6 Å². The molecule has 0 aliphatic carbocycles. The highest BCUT2D eigenvalue weighted by Gasteiger charge is 2.25. The first kappa shape index (κ1) is 17.3. The van der Waals surface area contributed by atoms with E-state index in [9.17, 15) is 4.79 Å². The molecule has 1 saturated heterocycles. The van der Waals surface area contributed by atoms with Gasteiger partial charge in [-0.1, -0.05) is 30.7 Å². The third kappa shape index (κ3) is 4.37. The monoisotopic (exact) mass is 316 g/mol. The highest BCUT2D eigenvalue weighted by molar-refractivity contribution is 6.30. The highest BCUT2D eigenvalue weighted by atomic mass is 35.5. The van der Waals surface area contributed by atoms with Crippen molar-refractivity contribution in [2.24, 2.45) is 5.92 Å². The molecule has 1 amide bonds. The Morgan fingerprint density at radius 1 is 1.50 bits per heavy atom. The minimum Gasteiger partial charge on any atom is -0.352 e. The molecule has 3 atom stereocenters. The molecule has 3 unspecified atom stereocenters. The normalized spacial score (nSPS) is 23.6. The molecule has 0 bridgehead atoms. The van der Waals surface area contributed by atoms with Crippen molar-refractivity contribution in [2.75, 3.05) is 13.1 Å². The zero-order valence-corrected chi connectivity index (χ0v) is 13.4. The molecule has 1 aliphatic rings. The molecule has 0 saturated carbocycles. The van der Waals surface area contributed by atoms with Crippen molar-refractivity contribution in [3.63, 3.8) is 0 Å². The largest absolute Gasteiger partial charge is 0.352 e.